The molecular weight excluding hydrogens is 402 g/mol. The van der Waals surface area contributed by atoms with E-state index in [4.69, 9.17) is 22.3 Å². The molecular formula is C22H22ClN5O2. The summed E-state index contributed by atoms with van der Waals surface area (Å²) < 4.78 is 0. The van der Waals surface area contributed by atoms with Crippen LogP contribution in [0.15, 0.2) is 54.9 Å². The normalized spacial score (nSPS) is 19.0. The number of anilines is 1. The molecule has 8 heteroatoms. The van der Waals surface area contributed by atoms with E-state index in [9.17, 15) is 9.90 Å². The number of aliphatic hydroxyl groups is 1. The third-order valence-corrected chi connectivity index (χ3v) is 5.42. The largest absolute Gasteiger partial charge is 0.396 e. The van der Waals surface area contributed by atoms with Gasteiger partial charge in [0.1, 0.15) is 0 Å². The van der Waals surface area contributed by atoms with E-state index in [2.05, 4.69) is 10.3 Å². The van der Waals surface area contributed by atoms with Crippen LogP contribution in [0, 0.1) is 0 Å². The standard InChI is InChI=1S/C22H22ClN5O2/c1-28-11-18(19(29)12-28)27-22(30)16-9-17(13-4-6-15(23)7-5-13)26-21(20(16)24)14-3-2-8-25-10-14/h2-10,18-19,29H,11-12,24H2,1H3,(H,27,30). The lowest BCUT2D eigenvalue weighted by Gasteiger charge is -2.18. The van der Waals surface area contributed by atoms with Gasteiger partial charge >= 0.3 is 0 Å². The predicted molar refractivity (Wildman–Crippen MR) is 117 cm³/mol. The van der Waals surface area contributed by atoms with Crippen molar-refractivity contribution in [3.63, 3.8) is 0 Å². The monoisotopic (exact) mass is 423 g/mol. The minimum Gasteiger partial charge on any atom is -0.396 e. The number of carbonyl (C=O) groups excluding carboxylic acids is 1. The second-order valence-electron chi connectivity index (χ2n) is 7.43. The number of carbonyl (C=O) groups is 1. The van der Waals surface area contributed by atoms with Crippen molar-refractivity contribution in [3.05, 3.63) is 65.4 Å². The molecule has 1 amide bonds. The summed E-state index contributed by atoms with van der Waals surface area (Å²) in [6.07, 6.45) is 2.69. The Hall–Kier alpha value is -3.00. The van der Waals surface area contributed by atoms with Crippen LogP contribution in [0.4, 0.5) is 5.69 Å². The summed E-state index contributed by atoms with van der Waals surface area (Å²) in [5.41, 5.74) is 9.52. The Morgan fingerprint density at radius 1 is 1.23 bits per heavy atom. The average Bonchev–Trinajstić information content (AvgIpc) is 3.06. The summed E-state index contributed by atoms with van der Waals surface area (Å²) in [4.78, 5) is 23.9. The minimum absolute atomic E-state index is 0.263. The summed E-state index contributed by atoms with van der Waals surface area (Å²) >= 11 is 6.01. The van der Waals surface area contributed by atoms with Gasteiger partial charge in [-0.3, -0.25) is 9.78 Å². The Kier molecular flexibility index (Phi) is 5.67. The van der Waals surface area contributed by atoms with Gasteiger partial charge in [0.05, 0.1) is 34.8 Å². The van der Waals surface area contributed by atoms with Crippen LogP contribution in [0.25, 0.3) is 22.5 Å². The molecule has 1 aliphatic heterocycles. The molecule has 1 aliphatic rings. The molecule has 3 heterocycles. The van der Waals surface area contributed by atoms with Crippen LogP contribution < -0.4 is 11.1 Å². The molecule has 2 atom stereocenters. The molecule has 1 aromatic carbocycles. The van der Waals surface area contributed by atoms with Gasteiger partial charge in [0.15, 0.2) is 0 Å². The maximum atomic E-state index is 13.1. The minimum atomic E-state index is -0.629. The van der Waals surface area contributed by atoms with Gasteiger partial charge in [-0.2, -0.15) is 0 Å². The second kappa shape index (κ2) is 8.39. The number of pyridine rings is 2. The fraction of sp³-hybridized carbons (Fsp3) is 0.227. The molecule has 0 spiro atoms. The van der Waals surface area contributed by atoms with Crippen LogP contribution in [0.5, 0.6) is 0 Å². The summed E-state index contributed by atoms with van der Waals surface area (Å²) in [6.45, 7) is 1.07. The number of nitrogen functional groups attached to an aromatic ring is 1. The highest BCUT2D eigenvalue weighted by Gasteiger charge is 2.31. The molecule has 7 nitrogen and oxygen atoms in total. The quantitative estimate of drug-likeness (QED) is 0.595. The maximum Gasteiger partial charge on any atom is 0.253 e. The van der Waals surface area contributed by atoms with Crippen molar-refractivity contribution in [1.29, 1.82) is 0 Å². The first-order chi connectivity index (χ1) is 14.4. The van der Waals surface area contributed by atoms with Crippen molar-refractivity contribution in [2.45, 2.75) is 12.1 Å². The SMILES string of the molecule is CN1CC(O)C(NC(=O)c2cc(-c3ccc(Cl)cc3)nc(-c3cccnc3)c2N)C1. The Morgan fingerprint density at radius 3 is 2.63 bits per heavy atom. The number of amides is 1. The van der Waals surface area contributed by atoms with Gasteiger partial charge in [-0.05, 0) is 37.4 Å². The van der Waals surface area contributed by atoms with Gasteiger partial charge in [0, 0.05) is 41.6 Å². The van der Waals surface area contributed by atoms with Gasteiger partial charge < -0.3 is 21.1 Å². The van der Waals surface area contributed by atoms with Gasteiger partial charge in [0.25, 0.3) is 5.91 Å². The zero-order chi connectivity index (χ0) is 21.3. The van der Waals surface area contributed by atoms with Crippen LogP contribution in [-0.2, 0) is 0 Å². The molecule has 0 saturated carbocycles. The number of nitrogens with one attached hydrogen (secondary N) is 1. The van der Waals surface area contributed by atoms with E-state index in [1.165, 1.54) is 0 Å². The van der Waals surface area contributed by atoms with Crippen molar-refractivity contribution in [2.24, 2.45) is 0 Å². The van der Waals surface area contributed by atoms with E-state index in [1.807, 2.05) is 30.1 Å². The summed E-state index contributed by atoms with van der Waals surface area (Å²) in [5.74, 6) is -0.352. The van der Waals surface area contributed by atoms with Crippen molar-refractivity contribution in [1.82, 2.24) is 20.2 Å². The number of likely N-dealkylation sites (N-methyl/N-ethyl adjacent to an activating group) is 1. The van der Waals surface area contributed by atoms with Gasteiger partial charge in [-0.25, -0.2) is 4.98 Å². The Balaban J connectivity index is 1.77. The van der Waals surface area contributed by atoms with Crippen molar-refractivity contribution in [3.8, 4) is 22.5 Å². The van der Waals surface area contributed by atoms with Crippen LogP contribution in [0.3, 0.4) is 0 Å². The number of nitrogens with zero attached hydrogens (tertiary/aromatic N) is 3. The number of aromatic nitrogens is 2. The number of hydrogen-bond acceptors (Lipinski definition) is 6. The van der Waals surface area contributed by atoms with Crippen LogP contribution >= 0.6 is 11.6 Å². The molecule has 0 radical (unpaired) electrons. The number of nitrogens with two attached hydrogens (primary N) is 1. The number of aliphatic hydroxyl groups excluding tert-OH is 1. The molecule has 0 aliphatic carbocycles. The van der Waals surface area contributed by atoms with Gasteiger partial charge in [0.2, 0.25) is 0 Å². The van der Waals surface area contributed by atoms with E-state index in [0.717, 1.165) is 5.56 Å². The number of β-amino-alcohol motifs (C(OH)–C–C–N with tert-alkyl or cyclic N) is 1. The van der Waals surface area contributed by atoms with E-state index in [1.54, 1.807) is 36.7 Å². The molecule has 4 N–H and O–H groups in total. The lowest BCUT2D eigenvalue weighted by molar-refractivity contribution is 0.0889. The van der Waals surface area contributed by atoms with E-state index < -0.39 is 6.10 Å². The number of rotatable bonds is 4. The Labute approximate surface area is 179 Å². The molecule has 2 aromatic heterocycles. The Morgan fingerprint density at radius 2 is 2.00 bits per heavy atom. The predicted octanol–water partition coefficient (Wildman–Crippen LogP) is 2.45. The van der Waals surface area contributed by atoms with Gasteiger partial charge in [-0.15, -0.1) is 0 Å². The van der Waals surface area contributed by atoms with Crippen molar-refractivity contribution >= 4 is 23.2 Å². The highest BCUT2D eigenvalue weighted by atomic mass is 35.5. The second-order valence-corrected chi connectivity index (χ2v) is 7.87. The molecule has 0 bridgehead atoms. The number of hydrogen-bond donors (Lipinski definition) is 3. The zero-order valence-electron chi connectivity index (χ0n) is 16.4. The highest BCUT2D eigenvalue weighted by Crippen LogP contribution is 2.31. The molecule has 1 fully saturated rings. The van der Waals surface area contributed by atoms with Crippen LogP contribution in [0.2, 0.25) is 5.02 Å². The van der Waals surface area contributed by atoms with Crippen LogP contribution in [-0.4, -0.2) is 58.2 Å². The number of likely N-dealkylation sites (tertiary alicyclic amines) is 1. The first-order valence-electron chi connectivity index (χ1n) is 9.56. The third kappa shape index (κ3) is 4.14. The topological polar surface area (TPSA) is 104 Å². The lowest BCUT2D eigenvalue weighted by Crippen LogP contribution is -2.43. The fourth-order valence-corrected chi connectivity index (χ4v) is 3.73. The summed E-state index contributed by atoms with van der Waals surface area (Å²) in [6, 6.07) is 12.1. The van der Waals surface area contributed by atoms with Crippen LogP contribution in [0.1, 0.15) is 10.4 Å². The van der Waals surface area contributed by atoms with E-state index in [0.29, 0.717) is 40.6 Å². The first kappa shape index (κ1) is 20.3. The first-order valence-corrected chi connectivity index (χ1v) is 9.94. The van der Waals surface area contributed by atoms with Gasteiger partial charge in [-0.1, -0.05) is 23.7 Å². The molecule has 4 rings (SSSR count). The maximum absolute atomic E-state index is 13.1. The van der Waals surface area contributed by atoms with Crippen molar-refractivity contribution < 1.29 is 9.90 Å². The molecule has 2 unspecified atom stereocenters. The van der Waals surface area contributed by atoms with E-state index in [-0.39, 0.29) is 17.6 Å². The van der Waals surface area contributed by atoms with E-state index >= 15 is 0 Å². The highest BCUT2D eigenvalue weighted by molar-refractivity contribution is 6.30. The summed E-state index contributed by atoms with van der Waals surface area (Å²) in [7, 11) is 1.90. The molecule has 30 heavy (non-hydrogen) atoms. The molecule has 1 saturated heterocycles. The number of benzene rings is 1. The summed E-state index contributed by atoms with van der Waals surface area (Å²) in [5, 5.41) is 13.7. The Bertz CT molecular complexity index is 1060. The molecule has 3 aromatic rings. The smallest absolute Gasteiger partial charge is 0.253 e. The average molecular weight is 424 g/mol. The fourth-order valence-electron chi connectivity index (χ4n) is 3.60. The third-order valence-electron chi connectivity index (χ3n) is 5.17. The number of halogens is 1. The van der Waals surface area contributed by atoms with Crippen molar-refractivity contribution in [2.75, 3.05) is 25.9 Å². The zero-order valence-corrected chi connectivity index (χ0v) is 17.2. The lowest BCUT2D eigenvalue weighted by atomic mass is 10.0. The molecule has 154 valence electrons.